The molecule has 1 rings (SSSR count). The first kappa shape index (κ1) is 17.5. The number of rotatable bonds is 9. The van der Waals surface area contributed by atoms with Gasteiger partial charge >= 0.3 is 12.0 Å². The zero-order valence-electron chi connectivity index (χ0n) is 12.6. The van der Waals surface area contributed by atoms with Crippen molar-refractivity contribution in [3.63, 3.8) is 0 Å². The summed E-state index contributed by atoms with van der Waals surface area (Å²) >= 11 is 1.68. The summed E-state index contributed by atoms with van der Waals surface area (Å²) in [6, 6.07) is 3.94. The molecule has 0 radical (unpaired) electrons. The van der Waals surface area contributed by atoms with E-state index in [9.17, 15) is 9.59 Å². The Kier molecular flexibility index (Phi) is 7.82. The van der Waals surface area contributed by atoms with Gasteiger partial charge in [0, 0.05) is 17.5 Å². The minimum absolute atomic E-state index is 0.0488. The molecular formula is C15H24N2O3S. The van der Waals surface area contributed by atoms with Gasteiger partial charge in [0.15, 0.2) is 0 Å². The summed E-state index contributed by atoms with van der Waals surface area (Å²) in [6.07, 6.45) is 3.07. The third-order valence-corrected chi connectivity index (χ3v) is 4.25. The molecule has 0 saturated carbocycles. The van der Waals surface area contributed by atoms with E-state index < -0.39 is 5.97 Å². The third kappa shape index (κ3) is 7.70. The molecule has 0 aromatic carbocycles. The zero-order valence-corrected chi connectivity index (χ0v) is 13.4. The fraction of sp³-hybridized carbons (Fsp3) is 0.600. The van der Waals surface area contributed by atoms with Crippen LogP contribution in [0.15, 0.2) is 17.5 Å². The molecule has 2 unspecified atom stereocenters. The normalized spacial score (nSPS) is 13.4. The highest BCUT2D eigenvalue weighted by Gasteiger charge is 2.12. The van der Waals surface area contributed by atoms with E-state index in [1.165, 1.54) is 4.88 Å². The maximum absolute atomic E-state index is 11.7. The van der Waals surface area contributed by atoms with Gasteiger partial charge in [-0.1, -0.05) is 19.4 Å². The number of hydrogen-bond donors (Lipinski definition) is 3. The second-order valence-electron chi connectivity index (χ2n) is 5.30. The van der Waals surface area contributed by atoms with Crippen molar-refractivity contribution < 1.29 is 14.7 Å². The van der Waals surface area contributed by atoms with Crippen molar-refractivity contribution in [3.05, 3.63) is 22.4 Å². The summed E-state index contributed by atoms with van der Waals surface area (Å²) in [7, 11) is 0. The van der Waals surface area contributed by atoms with Crippen LogP contribution in [0.1, 0.15) is 38.0 Å². The zero-order chi connectivity index (χ0) is 15.7. The Labute approximate surface area is 129 Å². The molecule has 118 valence electrons. The molecule has 0 aliphatic carbocycles. The first-order chi connectivity index (χ1) is 9.99. The topological polar surface area (TPSA) is 78.4 Å². The first-order valence-corrected chi connectivity index (χ1v) is 8.16. The van der Waals surface area contributed by atoms with Crippen LogP contribution in [0.5, 0.6) is 0 Å². The van der Waals surface area contributed by atoms with Crippen molar-refractivity contribution in [2.45, 2.75) is 45.6 Å². The standard InChI is InChI=1S/C15H24N2O3S/c1-11(14(18)19)5-3-6-12(2)17-15(20)16-9-8-13-7-4-10-21-13/h4,7,10-12H,3,5-6,8-9H2,1-2H3,(H,18,19)(H2,16,17,20). The minimum atomic E-state index is -0.762. The minimum Gasteiger partial charge on any atom is -0.481 e. The summed E-state index contributed by atoms with van der Waals surface area (Å²) in [4.78, 5) is 23.6. The van der Waals surface area contributed by atoms with Gasteiger partial charge in [0.25, 0.3) is 0 Å². The van der Waals surface area contributed by atoms with Crippen LogP contribution in [-0.2, 0) is 11.2 Å². The molecule has 2 amide bonds. The van der Waals surface area contributed by atoms with Gasteiger partial charge in [0.05, 0.1) is 5.92 Å². The molecule has 3 N–H and O–H groups in total. The smallest absolute Gasteiger partial charge is 0.315 e. The summed E-state index contributed by atoms with van der Waals surface area (Å²) in [5.74, 6) is -1.08. The lowest BCUT2D eigenvalue weighted by atomic mass is 10.0. The molecule has 0 fully saturated rings. The fourth-order valence-electron chi connectivity index (χ4n) is 1.95. The number of aliphatic carboxylic acids is 1. The van der Waals surface area contributed by atoms with E-state index in [0.29, 0.717) is 13.0 Å². The molecule has 5 nitrogen and oxygen atoms in total. The average molecular weight is 312 g/mol. The molecule has 0 aliphatic rings. The van der Waals surface area contributed by atoms with E-state index >= 15 is 0 Å². The van der Waals surface area contributed by atoms with Gasteiger partial charge in [-0.2, -0.15) is 0 Å². The molecule has 0 saturated heterocycles. The highest BCUT2D eigenvalue weighted by molar-refractivity contribution is 7.09. The molecule has 0 aliphatic heterocycles. The van der Waals surface area contributed by atoms with Gasteiger partial charge in [-0.25, -0.2) is 4.79 Å². The summed E-state index contributed by atoms with van der Waals surface area (Å²) in [6.45, 7) is 4.26. The molecule has 6 heteroatoms. The number of thiophene rings is 1. The summed E-state index contributed by atoms with van der Waals surface area (Å²) < 4.78 is 0. The van der Waals surface area contributed by atoms with Crippen LogP contribution in [-0.4, -0.2) is 29.7 Å². The Morgan fingerprint density at radius 2 is 2.10 bits per heavy atom. The van der Waals surface area contributed by atoms with Crippen molar-refractivity contribution in [1.29, 1.82) is 0 Å². The van der Waals surface area contributed by atoms with Crippen LogP contribution in [0, 0.1) is 5.92 Å². The molecule has 21 heavy (non-hydrogen) atoms. The fourth-order valence-corrected chi connectivity index (χ4v) is 2.66. The van der Waals surface area contributed by atoms with Crippen molar-refractivity contribution in [3.8, 4) is 0 Å². The number of carboxylic acid groups (broad SMARTS) is 1. The maximum Gasteiger partial charge on any atom is 0.315 e. The molecule has 1 aromatic rings. The van der Waals surface area contributed by atoms with E-state index in [2.05, 4.69) is 16.7 Å². The van der Waals surface area contributed by atoms with Crippen LogP contribution in [0.3, 0.4) is 0 Å². The number of amides is 2. The Morgan fingerprint density at radius 1 is 1.33 bits per heavy atom. The Bertz CT molecular complexity index is 434. The van der Waals surface area contributed by atoms with Crippen LogP contribution >= 0.6 is 11.3 Å². The quantitative estimate of drug-likeness (QED) is 0.656. The van der Waals surface area contributed by atoms with Crippen molar-refractivity contribution in [2.24, 2.45) is 5.92 Å². The molecule has 1 heterocycles. The largest absolute Gasteiger partial charge is 0.481 e. The van der Waals surface area contributed by atoms with Gasteiger partial charge in [-0.05, 0) is 37.6 Å². The second kappa shape index (κ2) is 9.39. The highest BCUT2D eigenvalue weighted by Crippen LogP contribution is 2.10. The lowest BCUT2D eigenvalue weighted by molar-refractivity contribution is -0.141. The Balaban J connectivity index is 2.08. The second-order valence-corrected chi connectivity index (χ2v) is 6.33. The number of carboxylic acids is 1. The predicted octanol–water partition coefficient (Wildman–Crippen LogP) is 2.87. The number of hydrogen-bond acceptors (Lipinski definition) is 3. The lowest BCUT2D eigenvalue weighted by Crippen LogP contribution is -2.41. The molecule has 2 atom stereocenters. The van der Waals surface area contributed by atoms with E-state index in [0.717, 1.165) is 19.3 Å². The van der Waals surface area contributed by atoms with E-state index in [1.807, 2.05) is 18.4 Å². The van der Waals surface area contributed by atoms with Gasteiger partial charge in [-0.15, -0.1) is 11.3 Å². The SMILES string of the molecule is CC(CCCC(C)C(=O)O)NC(=O)NCCc1cccs1. The van der Waals surface area contributed by atoms with Crippen molar-refractivity contribution in [1.82, 2.24) is 10.6 Å². The van der Waals surface area contributed by atoms with Gasteiger partial charge in [0.1, 0.15) is 0 Å². The first-order valence-electron chi connectivity index (χ1n) is 7.28. The third-order valence-electron chi connectivity index (χ3n) is 3.31. The molecule has 1 aromatic heterocycles. The van der Waals surface area contributed by atoms with E-state index in [1.54, 1.807) is 18.3 Å². The van der Waals surface area contributed by atoms with Gasteiger partial charge in [-0.3, -0.25) is 4.79 Å². The van der Waals surface area contributed by atoms with Gasteiger partial charge in [0.2, 0.25) is 0 Å². The number of urea groups is 1. The van der Waals surface area contributed by atoms with Crippen molar-refractivity contribution in [2.75, 3.05) is 6.54 Å². The number of nitrogens with one attached hydrogen (secondary N) is 2. The summed E-state index contributed by atoms with van der Waals surface area (Å²) in [5, 5.41) is 16.5. The highest BCUT2D eigenvalue weighted by atomic mass is 32.1. The molecule has 0 bridgehead atoms. The van der Waals surface area contributed by atoms with Crippen LogP contribution in [0.4, 0.5) is 4.79 Å². The molecule has 0 spiro atoms. The van der Waals surface area contributed by atoms with Crippen LogP contribution < -0.4 is 10.6 Å². The Morgan fingerprint density at radius 3 is 2.71 bits per heavy atom. The maximum atomic E-state index is 11.7. The van der Waals surface area contributed by atoms with Crippen LogP contribution in [0.25, 0.3) is 0 Å². The molecular weight excluding hydrogens is 288 g/mol. The predicted molar refractivity (Wildman–Crippen MR) is 84.7 cm³/mol. The van der Waals surface area contributed by atoms with Gasteiger partial charge < -0.3 is 15.7 Å². The van der Waals surface area contributed by atoms with E-state index in [4.69, 9.17) is 5.11 Å². The number of carbonyl (C=O) groups is 2. The van der Waals surface area contributed by atoms with Crippen molar-refractivity contribution >= 4 is 23.3 Å². The lowest BCUT2D eigenvalue weighted by Gasteiger charge is -2.15. The number of carbonyl (C=O) groups excluding carboxylic acids is 1. The van der Waals surface area contributed by atoms with Crippen LogP contribution in [0.2, 0.25) is 0 Å². The average Bonchev–Trinajstić information content (AvgIpc) is 2.91. The monoisotopic (exact) mass is 312 g/mol. The van der Waals surface area contributed by atoms with E-state index in [-0.39, 0.29) is 18.0 Å². The Hall–Kier alpha value is -1.56. The summed E-state index contributed by atoms with van der Waals surface area (Å²) in [5.41, 5.74) is 0.